The molecule has 8 heteroatoms. The van der Waals surface area contributed by atoms with Gasteiger partial charge in [0.2, 0.25) is 11.8 Å². The Hall–Kier alpha value is -2.48. The Balaban J connectivity index is 1.87. The number of ether oxygens (including phenoxy) is 1. The molecule has 1 saturated heterocycles. The molecule has 1 fully saturated rings. The fourth-order valence-electron chi connectivity index (χ4n) is 2.37. The topological polar surface area (TPSA) is 79.0 Å². The molecule has 0 bridgehead atoms. The summed E-state index contributed by atoms with van der Waals surface area (Å²) >= 11 is 0. The summed E-state index contributed by atoms with van der Waals surface area (Å²) < 4.78 is 18.0. The van der Waals surface area contributed by atoms with E-state index in [0.717, 1.165) is 6.07 Å². The van der Waals surface area contributed by atoms with E-state index in [-0.39, 0.29) is 37.0 Å². The van der Waals surface area contributed by atoms with Crippen LogP contribution in [-0.2, 0) is 14.3 Å². The molecule has 0 aromatic heterocycles. The molecule has 1 N–H and O–H groups in total. The van der Waals surface area contributed by atoms with Crippen LogP contribution >= 0.6 is 0 Å². The number of rotatable bonds is 6. The highest BCUT2D eigenvalue weighted by molar-refractivity contribution is 5.97. The minimum Gasteiger partial charge on any atom is -0.383 e. The molecule has 0 spiro atoms. The van der Waals surface area contributed by atoms with Crippen LogP contribution in [0.2, 0.25) is 0 Å². The number of hydrogen-bond donors (Lipinski definition) is 1. The molecule has 3 amide bonds. The molecule has 7 nitrogen and oxygen atoms in total. The lowest BCUT2D eigenvalue weighted by molar-refractivity contribution is -0.139. The molecule has 1 aliphatic heterocycles. The Morgan fingerprint density at radius 3 is 2.79 bits per heavy atom. The van der Waals surface area contributed by atoms with Crippen molar-refractivity contribution in [2.24, 2.45) is 0 Å². The van der Waals surface area contributed by atoms with Gasteiger partial charge in [-0.1, -0.05) is 6.07 Å². The zero-order valence-electron chi connectivity index (χ0n) is 13.5. The lowest BCUT2D eigenvalue weighted by Gasteiger charge is -2.34. The molecule has 24 heavy (non-hydrogen) atoms. The zero-order chi connectivity index (χ0) is 17.5. The fourth-order valence-corrected chi connectivity index (χ4v) is 2.37. The molecule has 0 aliphatic carbocycles. The first-order chi connectivity index (χ1) is 11.5. The van der Waals surface area contributed by atoms with Crippen LogP contribution in [0.25, 0.3) is 0 Å². The molecule has 1 aliphatic rings. The lowest BCUT2D eigenvalue weighted by atomic mass is 10.1. The molecule has 130 valence electrons. The summed E-state index contributed by atoms with van der Waals surface area (Å²) in [5.74, 6) is -1.48. The molecule has 1 aromatic rings. The van der Waals surface area contributed by atoms with Crippen LogP contribution in [0.5, 0.6) is 0 Å². The van der Waals surface area contributed by atoms with Crippen LogP contribution in [0.15, 0.2) is 24.3 Å². The third-order valence-corrected chi connectivity index (χ3v) is 3.64. The van der Waals surface area contributed by atoms with Crippen LogP contribution < -0.4 is 5.32 Å². The minimum absolute atomic E-state index is 0.0510. The molecular weight excluding hydrogens is 317 g/mol. The minimum atomic E-state index is -0.501. The summed E-state index contributed by atoms with van der Waals surface area (Å²) in [6.07, 6.45) is 0. The van der Waals surface area contributed by atoms with Crippen LogP contribution in [0.4, 0.5) is 4.39 Å². The smallest absolute Gasteiger partial charge is 0.254 e. The zero-order valence-corrected chi connectivity index (χ0v) is 13.5. The number of nitrogens with one attached hydrogen (secondary N) is 1. The number of carbonyl (C=O) groups is 3. The van der Waals surface area contributed by atoms with Gasteiger partial charge in [-0.2, -0.15) is 0 Å². The number of amides is 3. The predicted molar refractivity (Wildman–Crippen MR) is 83.8 cm³/mol. The Morgan fingerprint density at radius 1 is 1.33 bits per heavy atom. The van der Waals surface area contributed by atoms with Gasteiger partial charge >= 0.3 is 0 Å². The van der Waals surface area contributed by atoms with Crippen LogP contribution in [-0.4, -0.2) is 74.0 Å². The molecule has 1 heterocycles. The van der Waals surface area contributed by atoms with Gasteiger partial charge in [-0.3, -0.25) is 14.4 Å². The van der Waals surface area contributed by atoms with Crippen molar-refractivity contribution in [3.63, 3.8) is 0 Å². The van der Waals surface area contributed by atoms with Gasteiger partial charge in [-0.15, -0.1) is 0 Å². The van der Waals surface area contributed by atoms with Crippen molar-refractivity contribution in [2.75, 3.05) is 46.4 Å². The number of benzene rings is 1. The summed E-state index contributed by atoms with van der Waals surface area (Å²) in [6.45, 7) is 1.16. The second kappa shape index (κ2) is 8.39. The van der Waals surface area contributed by atoms with Crippen molar-refractivity contribution in [3.05, 3.63) is 35.6 Å². The first-order valence-electron chi connectivity index (χ1n) is 7.59. The molecule has 1 aromatic carbocycles. The molecular formula is C16H20FN3O4. The standard InChI is InChI=1S/C16H20FN3O4/c1-24-8-5-18-14(21)10-19-6-7-20(11-15(19)22)16(23)12-3-2-4-13(17)9-12/h2-4,9H,5-8,10-11H2,1H3,(H,18,21). The van der Waals surface area contributed by atoms with Gasteiger partial charge in [0.25, 0.3) is 5.91 Å². The number of methoxy groups -OCH3 is 1. The quantitative estimate of drug-likeness (QED) is 0.734. The number of carbonyl (C=O) groups excluding carboxylic acids is 3. The summed E-state index contributed by atoms with van der Waals surface area (Å²) in [4.78, 5) is 38.9. The summed E-state index contributed by atoms with van der Waals surface area (Å²) in [5.41, 5.74) is 0.202. The molecule has 0 atom stereocenters. The highest BCUT2D eigenvalue weighted by atomic mass is 19.1. The number of hydrogen-bond acceptors (Lipinski definition) is 4. The van der Waals surface area contributed by atoms with Gasteiger partial charge in [0.15, 0.2) is 0 Å². The van der Waals surface area contributed by atoms with E-state index in [9.17, 15) is 18.8 Å². The highest BCUT2D eigenvalue weighted by Gasteiger charge is 2.28. The van der Waals surface area contributed by atoms with Crippen molar-refractivity contribution in [1.82, 2.24) is 15.1 Å². The van der Waals surface area contributed by atoms with Gasteiger partial charge in [0, 0.05) is 32.3 Å². The largest absolute Gasteiger partial charge is 0.383 e. The van der Waals surface area contributed by atoms with Gasteiger partial charge in [0.05, 0.1) is 13.2 Å². The van der Waals surface area contributed by atoms with Gasteiger partial charge in [-0.05, 0) is 18.2 Å². The first kappa shape index (κ1) is 17.9. The Morgan fingerprint density at radius 2 is 2.12 bits per heavy atom. The van der Waals surface area contributed by atoms with Crippen molar-refractivity contribution in [2.45, 2.75) is 0 Å². The number of piperazine rings is 1. The van der Waals surface area contributed by atoms with E-state index < -0.39 is 11.7 Å². The van der Waals surface area contributed by atoms with E-state index >= 15 is 0 Å². The van der Waals surface area contributed by atoms with E-state index in [4.69, 9.17) is 4.74 Å². The maximum atomic E-state index is 13.2. The maximum Gasteiger partial charge on any atom is 0.254 e. The second-order valence-corrected chi connectivity index (χ2v) is 5.40. The number of halogens is 1. The molecule has 0 radical (unpaired) electrons. The van der Waals surface area contributed by atoms with Crippen molar-refractivity contribution >= 4 is 17.7 Å². The third kappa shape index (κ3) is 4.76. The summed E-state index contributed by atoms with van der Waals surface area (Å²) in [7, 11) is 1.53. The average molecular weight is 337 g/mol. The average Bonchev–Trinajstić information content (AvgIpc) is 2.56. The number of nitrogens with zero attached hydrogens (tertiary/aromatic N) is 2. The predicted octanol–water partition coefficient (Wildman–Crippen LogP) is -0.127. The van der Waals surface area contributed by atoms with Crippen LogP contribution in [0.1, 0.15) is 10.4 Å². The van der Waals surface area contributed by atoms with Gasteiger partial charge in [0.1, 0.15) is 12.4 Å². The van der Waals surface area contributed by atoms with E-state index in [1.54, 1.807) is 0 Å². The first-order valence-corrected chi connectivity index (χ1v) is 7.59. The molecule has 2 rings (SSSR count). The van der Waals surface area contributed by atoms with E-state index in [1.807, 2.05) is 0 Å². The van der Waals surface area contributed by atoms with Gasteiger partial charge in [-0.25, -0.2) is 4.39 Å². The van der Waals surface area contributed by atoms with Crippen molar-refractivity contribution in [1.29, 1.82) is 0 Å². The van der Waals surface area contributed by atoms with Crippen LogP contribution in [0, 0.1) is 5.82 Å². The van der Waals surface area contributed by atoms with E-state index in [1.165, 1.54) is 35.1 Å². The van der Waals surface area contributed by atoms with E-state index in [2.05, 4.69) is 5.32 Å². The molecule has 0 saturated carbocycles. The SMILES string of the molecule is COCCNC(=O)CN1CCN(C(=O)c2cccc(F)c2)CC1=O. The summed E-state index contributed by atoms with van der Waals surface area (Å²) in [5, 5.41) is 2.64. The van der Waals surface area contributed by atoms with Crippen LogP contribution in [0.3, 0.4) is 0 Å². The normalized spacial score (nSPS) is 14.7. The van der Waals surface area contributed by atoms with Crippen molar-refractivity contribution in [3.8, 4) is 0 Å². The lowest BCUT2D eigenvalue weighted by Crippen LogP contribution is -2.54. The second-order valence-electron chi connectivity index (χ2n) is 5.40. The molecule has 0 unspecified atom stereocenters. The van der Waals surface area contributed by atoms with Gasteiger partial charge < -0.3 is 19.9 Å². The van der Waals surface area contributed by atoms with Crippen molar-refractivity contribution < 1.29 is 23.5 Å². The Bertz CT molecular complexity index is 623. The fraction of sp³-hybridized carbons (Fsp3) is 0.438. The summed E-state index contributed by atoms with van der Waals surface area (Å²) in [6, 6.07) is 5.35. The maximum absolute atomic E-state index is 13.2. The highest BCUT2D eigenvalue weighted by Crippen LogP contribution is 2.11. The Labute approximate surface area is 139 Å². The Kier molecular flexibility index (Phi) is 6.25. The monoisotopic (exact) mass is 337 g/mol. The third-order valence-electron chi connectivity index (χ3n) is 3.64. The van der Waals surface area contributed by atoms with E-state index in [0.29, 0.717) is 19.7 Å².